The number of fused-ring (bicyclic) bond motifs is 1. The van der Waals surface area contributed by atoms with Gasteiger partial charge in [0.1, 0.15) is 5.58 Å². The summed E-state index contributed by atoms with van der Waals surface area (Å²) >= 11 is 0. The summed E-state index contributed by atoms with van der Waals surface area (Å²) in [5, 5.41) is 10.1. The Balaban J connectivity index is 2.48. The number of aromatic carboxylic acids is 1. The molecule has 1 aromatic heterocycles. The number of benzene rings is 2. The number of hydrogen-bond donors (Lipinski definition) is 1. The van der Waals surface area contributed by atoms with Crippen molar-refractivity contribution in [1.82, 2.24) is 0 Å². The summed E-state index contributed by atoms with van der Waals surface area (Å²) in [6, 6.07) is 10.7. The van der Waals surface area contributed by atoms with E-state index in [0.29, 0.717) is 39.3 Å². The Hall–Kier alpha value is -3.15. The number of hydrogen-bond acceptors (Lipinski definition) is 5. The number of rotatable bonds is 5. The monoisotopic (exact) mass is 328 g/mol. The normalized spacial score (nSPS) is 10.6. The molecule has 0 radical (unpaired) electrons. The van der Waals surface area contributed by atoms with Crippen LogP contribution in [0.1, 0.15) is 10.6 Å². The van der Waals surface area contributed by atoms with E-state index < -0.39 is 5.97 Å². The van der Waals surface area contributed by atoms with Gasteiger partial charge in [0.05, 0.1) is 26.7 Å². The second kappa shape index (κ2) is 6.16. The molecule has 0 unspecified atom stereocenters. The average Bonchev–Trinajstić information content (AvgIpc) is 3.00. The molecular weight excluding hydrogens is 312 g/mol. The third-order valence-electron chi connectivity index (χ3n) is 3.74. The van der Waals surface area contributed by atoms with Crippen LogP contribution in [0.2, 0.25) is 0 Å². The molecule has 0 aliphatic rings. The molecule has 1 heterocycles. The fraction of sp³-hybridized carbons (Fsp3) is 0.167. The van der Waals surface area contributed by atoms with Gasteiger partial charge in [-0.3, -0.25) is 0 Å². The van der Waals surface area contributed by atoms with Gasteiger partial charge in [-0.25, -0.2) is 4.79 Å². The van der Waals surface area contributed by atoms with Crippen LogP contribution in [-0.4, -0.2) is 32.4 Å². The third kappa shape index (κ3) is 2.32. The number of carboxylic acids is 1. The molecule has 3 rings (SSSR count). The summed E-state index contributed by atoms with van der Waals surface area (Å²) in [6.07, 6.45) is 0. The maximum atomic E-state index is 11.7. The van der Waals surface area contributed by atoms with Crippen molar-refractivity contribution in [3.05, 3.63) is 42.2 Å². The minimum atomic E-state index is -1.16. The zero-order valence-electron chi connectivity index (χ0n) is 13.5. The lowest BCUT2D eigenvalue weighted by atomic mass is 10.0. The van der Waals surface area contributed by atoms with Crippen molar-refractivity contribution in [1.29, 1.82) is 0 Å². The first-order valence-electron chi connectivity index (χ1n) is 7.16. The fourth-order valence-corrected chi connectivity index (χ4v) is 2.76. The molecule has 0 bridgehead atoms. The zero-order valence-corrected chi connectivity index (χ0v) is 13.5. The molecule has 3 aromatic rings. The van der Waals surface area contributed by atoms with Crippen LogP contribution >= 0.6 is 0 Å². The van der Waals surface area contributed by atoms with Gasteiger partial charge in [-0.05, 0) is 5.56 Å². The van der Waals surface area contributed by atoms with Crippen molar-refractivity contribution >= 4 is 16.9 Å². The van der Waals surface area contributed by atoms with E-state index in [1.54, 1.807) is 6.07 Å². The molecule has 0 fully saturated rings. The van der Waals surface area contributed by atoms with Gasteiger partial charge in [0.25, 0.3) is 0 Å². The van der Waals surface area contributed by atoms with Gasteiger partial charge in [-0.2, -0.15) is 0 Å². The number of carbonyl (C=O) groups is 1. The smallest absolute Gasteiger partial charge is 0.372 e. The van der Waals surface area contributed by atoms with E-state index >= 15 is 0 Å². The first kappa shape index (κ1) is 15.7. The molecule has 0 spiro atoms. The summed E-state index contributed by atoms with van der Waals surface area (Å²) in [6.45, 7) is 0. The molecule has 6 nitrogen and oxygen atoms in total. The van der Waals surface area contributed by atoms with Gasteiger partial charge in [0.15, 0.2) is 11.5 Å². The van der Waals surface area contributed by atoms with Crippen LogP contribution in [0, 0.1) is 0 Å². The lowest BCUT2D eigenvalue weighted by Gasteiger charge is -2.13. The van der Waals surface area contributed by atoms with E-state index in [-0.39, 0.29) is 5.76 Å². The minimum Gasteiger partial charge on any atom is -0.493 e. The summed E-state index contributed by atoms with van der Waals surface area (Å²) in [5.74, 6) is -0.189. The lowest BCUT2D eigenvalue weighted by Crippen LogP contribution is -1.97. The number of furan rings is 1. The van der Waals surface area contributed by atoms with E-state index in [0.717, 1.165) is 0 Å². The summed E-state index contributed by atoms with van der Waals surface area (Å²) in [7, 11) is 4.47. The van der Waals surface area contributed by atoms with Crippen LogP contribution in [0.3, 0.4) is 0 Å². The summed E-state index contributed by atoms with van der Waals surface area (Å²) < 4.78 is 21.8. The molecule has 124 valence electrons. The van der Waals surface area contributed by atoms with Crippen molar-refractivity contribution in [2.45, 2.75) is 0 Å². The maximum Gasteiger partial charge on any atom is 0.372 e. The molecular formula is C18H16O6. The molecule has 0 saturated heterocycles. The van der Waals surface area contributed by atoms with Crippen LogP contribution in [-0.2, 0) is 0 Å². The third-order valence-corrected chi connectivity index (χ3v) is 3.74. The second-order valence-electron chi connectivity index (χ2n) is 5.00. The second-order valence-corrected chi connectivity index (χ2v) is 5.00. The molecule has 1 N–H and O–H groups in total. The summed E-state index contributed by atoms with van der Waals surface area (Å²) in [5.41, 5.74) is 1.50. The van der Waals surface area contributed by atoms with E-state index in [4.69, 9.17) is 18.6 Å². The van der Waals surface area contributed by atoms with Crippen LogP contribution in [0.15, 0.2) is 40.8 Å². The molecule has 6 heteroatoms. The lowest BCUT2D eigenvalue weighted by molar-refractivity contribution is 0.0666. The Morgan fingerprint density at radius 3 is 2.21 bits per heavy atom. The number of carboxylic acid groups (broad SMARTS) is 1. The van der Waals surface area contributed by atoms with Gasteiger partial charge in [-0.15, -0.1) is 0 Å². The predicted octanol–water partition coefficient (Wildman–Crippen LogP) is 3.82. The van der Waals surface area contributed by atoms with E-state index in [9.17, 15) is 9.90 Å². The Morgan fingerprint density at radius 2 is 1.67 bits per heavy atom. The number of methoxy groups -OCH3 is 3. The van der Waals surface area contributed by atoms with Crippen molar-refractivity contribution in [2.24, 2.45) is 0 Å². The highest BCUT2D eigenvalue weighted by atomic mass is 16.5. The zero-order chi connectivity index (χ0) is 17.3. The van der Waals surface area contributed by atoms with Crippen LogP contribution in [0.5, 0.6) is 17.2 Å². The Labute approximate surface area is 138 Å². The Morgan fingerprint density at radius 1 is 1.00 bits per heavy atom. The topological polar surface area (TPSA) is 78.1 Å². The first-order valence-corrected chi connectivity index (χ1v) is 7.16. The fourth-order valence-electron chi connectivity index (χ4n) is 2.76. The summed E-state index contributed by atoms with van der Waals surface area (Å²) in [4.78, 5) is 11.7. The highest BCUT2D eigenvalue weighted by Crippen LogP contribution is 2.49. The average molecular weight is 328 g/mol. The van der Waals surface area contributed by atoms with Gasteiger partial charge in [0, 0.05) is 11.6 Å². The van der Waals surface area contributed by atoms with Crippen LogP contribution < -0.4 is 14.2 Å². The molecule has 0 atom stereocenters. The van der Waals surface area contributed by atoms with E-state index in [2.05, 4.69) is 0 Å². The van der Waals surface area contributed by atoms with Crippen molar-refractivity contribution in [3.8, 4) is 28.4 Å². The van der Waals surface area contributed by atoms with Gasteiger partial charge >= 0.3 is 5.97 Å². The van der Waals surface area contributed by atoms with Crippen molar-refractivity contribution in [2.75, 3.05) is 21.3 Å². The van der Waals surface area contributed by atoms with Gasteiger partial charge < -0.3 is 23.7 Å². The van der Waals surface area contributed by atoms with Crippen LogP contribution in [0.25, 0.3) is 22.1 Å². The minimum absolute atomic E-state index is 0.162. The van der Waals surface area contributed by atoms with Crippen molar-refractivity contribution < 1.29 is 28.5 Å². The molecule has 0 saturated carbocycles. The SMILES string of the molecule is COc1cc2oc(C(=O)O)c(-c3ccccc3)c2c(OC)c1OC. The standard InChI is InChI=1S/C18H16O6/c1-21-12-9-11-14(16(23-3)15(12)22-2)13(17(24-11)18(19)20)10-7-5-4-6-8-10/h4-9H,1-3H3,(H,19,20). The van der Waals surface area contributed by atoms with E-state index in [1.165, 1.54) is 21.3 Å². The number of ether oxygens (including phenoxy) is 3. The highest BCUT2D eigenvalue weighted by molar-refractivity contribution is 6.09. The largest absolute Gasteiger partial charge is 0.493 e. The maximum absolute atomic E-state index is 11.7. The van der Waals surface area contributed by atoms with E-state index in [1.807, 2.05) is 30.3 Å². The molecule has 2 aromatic carbocycles. The Bertz CT molecular complexity index is 895. The van der Waals surface area contributed by atoms with Crippen LogP contribution in [0.4, 0.5) is 0 Å². The highest BCUT2D eigenvalue weighted by Gasteiger charge is 2.28. The molecule has 0 aliphatic carbocycles. The van der Waals surface area contributed by atoms with Crippen molar-refractivity contribution in [3.63, 3.8) is 0 Å². The molecule has 0 amide bonds. The molecule has 24 heavy (non-hydrogen) atoms. The predicted molar refractivity (Wildman–Crippen MR) is 88.3 cm³/mol. The molecule has 0 aliphatic heterocycles. The van der Waals surface area contributed by atoms with Gasteiger partial charge in [-0.1, -0.05) is 30.3 Å². The quantitative estimate of drug-likeness (QED) is 0.767. The first-order chi connectivity index (χ1) is 11.6. The Kier molecular flexibility index (Phi) is 4.04. The van der Waals surface area contributed by atoms with Gasteiger partial charge in [0.2, 0.25) is 11.5 Å².